The fourth-order valence-electron chi connectivity index (χ4n) is 2.36. The smallest absolute Gasteiger partial charge is 0.652 e. The van der Waals surface area contributed by atoms with E-state index in [1.165, 1.54) is 0 Å². The summed E-state index contributed by atoms with van der Waals surface area (Å²) in [5.41, 5.74) is 3.66. The van der Waals surface area contributed by atoms with Crippen LogP contribution in [-0.4, -0.2) is 19.9 Å². The maximum atomic E-state index is 4.39. The van der Waals surface area contributed by atoms with Crippen LogP contribution in [0.25, 0.3) is 10.6 Å². The molecule has 6 nitrogen and oxygen atoms in total. The van der Waals surface area contributed by atoms with Gasteiger partial charge in [-0.3, -0.25) is 19.9 Å². The van der Waals surface area contributed by atoms with Crippen molar-refractivity contribution >= 4 is 0 Å². The molecule has 0 aromatic carbocycles. The molecule has 156 valence electrons. The Labute approximate surface area is 194 Å². The van der Waals surface area contributed by atoms with Crippen LogP contribution in [0.15, 0.2) is 97.6 Å². The van der Waals surface area contributed by atoms with Gasteiger partial charge in [0.2, 0.25) is 0 Å². The average molecular weight is 450 g/mol. The van der Waals surface area contributed by atoms with E-state index in [-0.39, 0.29) is 17.1 Å². The van der Waals surface area contributed by atoms with E-state index in [0.29, 0.717) is 13.1 Å². The summed E-state index contributed by atoms with van der Waals surface area (Å²) in [7, 11) is 0. The first-order valence-electron chi connectivity index (χ1n) is 9.52. The van der Waals surface area contributed by atoms with Gasteiger partial charge in [-0.05, 0) is 48.5 Å². The topological polar surface area (TPSA) is 79.8 Å². The summed E-state index contributed by atoms with van der Waals surface area (Å²) < 4.78 is 0. The van der Waals surface area contributed by atoms with Crippen LogP contribution in [-0.2, 0) is 30.2 Å². The van der Waals surface area contributed by atoms with Crippen LogP contribution in [0, 0.1) is 13.1 Å². The van der Waals surface area contributed by atoms with Crippen LogP contribution < -0.4 is 0 Å². The zero-order chi connectivity index (χ0) is 20.7. The second-order valence-electron chi connectivity index (χ2n) is 6.10. The Bertz CT molecular complexity index is 781. The van der Waals surface area contributed by atoms with E-state index in [1.807, 2.05) is 72.8 Å². The molecule has 4 heterocycles. The third-order valence-corrected chi connectivity index (χ3v) is 3.79. The molecule has 0 unspecified atom stereocenters. The van der Waals surface area contributed by atoms with Gasteiger partial charge in [-0.25, -0.2) is 0 Å². The molecular weight excluding hydrogens is 428 g/mol. The Morgan fingerprint density at radius 1 is 0.548 bits per heavy atom. The summed E-state index contributed by atoms with van der Waals surface area (Å²) in [6.45, 7) is 4.71. The van der Waals surface area contributed by atoms with Crippen molar-refractivity contribution < 1.29 is 17.1 Å². The summed E-state index contributed by atoms with van der Waals surface area (Å²) in [5.74, 6) is 0. The van der Waals surface area contributed by atoms with E-state index in [9.17, 15) is 0 Å². The van der Waals surface area contributed by atoms with E-state index < -0.39 is 0 Å². The first-order valence-corrected chi connectivity index (χ1v) is 9.52. The summed E-state index contributed by atoms with van der Waals surface area (Å²) >= 11 is 0. The molecule has 4 aromatic rings. The largest absolute Gasteiger partial charge is 2.00 e. The van der Waals surface area contributed by atoms with Gasteiger partial charge < -0.3 is 10.6 Å². The molecule has 2 radical (unpaired) electrons. The quantitative estimate of drug-likeness (QED) is 0.349. The van der Waals surface area contributed by atoms with Crippen LogP contribution >= 0.6 is 0 Å². The zero-order valence-corrected chi connectivity index (χ0v) is 17.9. The molecule has 4 rings (SSSR count). The van der Waals surface area contributed by atoms with Gasteiger partial charge in [0.05, 0.1) is 0 Å². The zero-order valence-electron chi connectivity index (χ0n) is 16.8. The molecule has 7 heteroatoms. The standard InChI is InChI=1S/C12H12N3.C12H10N3.Fe/c2*1-3-7-14-11(5-1)9-13-10-12-6-2-4-8-15-12;/h1-8H,9-10H2;1-10H;/q2*-1;+2. The molecule has 0 saturated heterocycles. The average Bonchev–Trinajstić information content (AvgIpc) is 2.82. The first kappa shape index (κ1) is 24.3. The monoisotopic (exact) mass is 450 g/mol. The van der Waals surface area contributed by atoms with Gasteiger partial charge >= 0.3 is 17.1 Å². The Hall–Kier alpha value is -2.96. The number of aromatic nitrogens is 4. The Kier molecular flexibility index (Phi) is 11.7. The molecule has 4 aromatic heterocycles. The van der Waals surface area contributed by atoms with Crippen molar-refractivity contribution in [3.05, 3.63) is 144 Å². The van der Waals surface area contributed by atoms with Gasteiger partial charge in [0.25, 0.3) is 0 Å². The fraction of sp³-hybridized carbons (Fsp3) is 0.0833. The van der Waals surface area contributed by atoms with E-state index in [2.05, 4.69) is 30.6 Å². The molecule has 0 aliphatic heterocycles. The predicted molar refractivity (Wildman–Crippen MR) is 118 cm³/mol. The molecule has 0 bridgehead atoms. The van der Waals surface area contributed by atoms with E-state index in [0.717, 1.165) is 22.8 Å². The minimum Gasteiger partial charge on any atom is -0.652 e. The second-order valence-corrected chi connectivity index (χ2v) is 6.10. The van der Waals surface area contributed by atoms with E-state index in [4.69, 9.17) is 0 Å². The number of nitrogens with zero attached hydrogens (tertiary/aromatic N) is 6. The third kappa shape index (κ3) is 10.1. The molecule has 0 saturated carbocycles. The number of pyridine rings is 4. The first-order chi connectivity index (χ1) is 14.9. The summed E-state index contributed by atoms with van der Waals surface area (Å²) in [6.07, 6.45) is 7.04. The molecule has 0 fully saturated rings. The van der Waals surface area contributed by atoms with Gasteiger partial charge in [0.1, 0.15) is 0 Å². The van der Waals surface area contributed by atoms with E-state index in [1.54, 1.807) is 37.9 Å². The minimum atomic E-state index is 0. The fourth-order valence-corrected chi connectivity index (χ4v) is 2.36. The van der Waals surface area contributed by atoms with Crippen molar-refractivity contribution in [1.82, 2.24) is 19.9 Å². The Balaban J connectivity index is 0.000000213. The summed E-state index contributed by atoms with van der Waals surface area (Å²) in [5, 5.41) is 8.52. The minimum absolute atomic E-state index is 0. The number of rotatable bonds is 8. The normalized spacial score (nSPS) is 9.81. The molecule has 31 heavy (non-hydrogen) atoms. The molecule has 0 aliphatic carbocycles. The van der Waals surface area contributed by atoms with Crippen LogP contribution in [0.5, 0.6) is 0 Å². The van der Waals surface area contributed by atoms with Crippen LogP contribution in [0.4, 0.5) is 0 Å². The maximum absolute atomic E-state index is 4.39. The van der Waals surface area contributed by atoms with Gasteiger partial charge in [-0.15, -0.1) is 26.2 Å². The Morgan fingerprint density at radius 2 is 0.968 bits per heavy atom. The van der Waals surface area contributed by atoms with Gasteiger partial charge in [0.15, 0.2) is 0 Å². The van der Waals surface area contributed by atoms with Crippen molar-refractivity contribution in [3.63, 3.8) is 0 Å². The third-order valence-electron chi connectivity index (χ3n) is 3.79. The van der Waals surface area contributed by atoms with Crippen molar-refractivity contribution in [2.45, 2.75) is 13.1 Å². The van der Waals surface area contributed by atoms with Crippen molar-refractivity contribution in [2.24, 2.45) is 0 Å². The molecule has 0 N–H and O–H groups in total. The van der Waals surface area contributed by atoms with Crippen molar-refractivity contribution in [1.29, 1.82) is 0 Å². The van der Waals surface area contributed by atoms with E-state index >= 15 is 0 Å². The van der Waals surface area contributed by atoms with Crippen molar-refractivity contribution in [2.75, 3.05) is 0 Å². The number of hydrogen-bond donors (Lipinski definition) is 0. The molecule has 0 spiro atoms. The SMILES string of the molecule is [CH]([N-][CH]c1ccccn1)c1ccccn1.[Fe+2].c1ccc(C[N-]Cc2ccccn2)nc1. The summed E-state index contributed by atoms with van der Waals surface area (Å²) in [6, 6.07) is 23.1. The van der Waals surface area contributed by atoms with Crippen LogP contribution in [0.3, 0.4) is 0 Å². The molecule has 0 atom stereocenters. The summed E-state index contributed by atoms with van der Waals surface area (Å²) in [4.78, 5) is 16.6. The predicted octanol–water partition coefficient (Wildman–Crippen LogP) is 5.12. The maximum Gasteiger partial charge on any atom is 2.00 e. The molecule has 0 aliphatic rings. The van der Waals surface area contributed by atoms with Crippen LogP contribution in [0.1, 0.15) is 22.8 Å². The van der Waals surface area contributed by atoms with Gasteiger partial charge in [0, 0.05) is 47.6 Å². The molecular formula is C24H22FeN6. The van der Waals surface area contributed by atoms with Gasteiger partial charge in [-0.2, -0.15) is 0 Å². The number of hydrogen-bond acceptors (Lipinski definition) is 4. The van der Waals surface area contributed by atoms with Crippen molar-refractivity contribution in [3.8, 4) is 0 Å². The Morgan fingerprint density at radius 3 is 1.32 bits per heavy atom. The molecule has 0 amide bonds. The van der Waals surface area contributed by atoms with Gasteiger partial charge in [-0.1, -0.05) is 24.3 Å². The van der Waals surface area contributed by atoms with Crippen LogP contribution in [0.2, 0.25) is 0 Å². The second kappa shape index (κ2) is 14.9.